The van der Waals surface area contributed by atoms with Gasteiger partial charge in [-0.2, -0.15) is 13.2 Å². The predicted octanol–water partition coefficient (Wildman–Crippen LogP) is 6.36. The van der Waals surface area contributed by atoms with Crippen molar-refractivity contribution < 1.29 is 22.7 Å². The van der Waals surface area contributed by atoms with Crippen LogP contribution in [0.25, 0.3) is 10.9 Å². The minimum atomic E-state index is -4.84. The molecule has 0 aliphatic carbocycles. The first-order chi connectivity index (χ1) is 13.2. The fourth-order valence-electron chi connectivity index (χ4n) is 3.32. The van der Waals surface area contributed by atoms with Gasteiger partial charge in [0.2, 0.25) is 0 Å². The second-order valence-corrected chi connectivity index (χ2v) is 6.71. The van der Waals surface area contributed by atoms with Gasteiger partial charge in [-0.05, 0) is 41.5 Å². The molecule has 0 aliphatic rings. The van der Waals surface area contributed by atoms with Crippen molar-refractivity contribution in [3.8, 4) is 0 Å². The minimum absolute atomic E-state index is 0.159. The molecule has 2 nitrogen and oxygen atoms in total. The van der Waals surface area contributed by atoms with E-state index >= 15 is 0 Å². The summed E-state index contributed by atoms with van der Waals surface area (Å²) in [7, 11) is 0. The minimum Gasteiger partial charge on any atom is -0.380 e. The van der Waals surface area contributed by atoms with E-state index in [1.54, 1.807) is 36.4 Å². The van der Waals surface area contributed by atoms with E-state index in [0.717, 1.165) is 5.39 Å². The van der Waals surface area contributed by atoms with Crippen molar-refractivity contribution in [3.63, 3.8) is 0 Å². The topological polar surface area (TPSA) is 36.0 Å². The summed E-state index contributed by atoms with van der Waals surface area (Å²) in [6, 6.07) is 14.4. The highest BCUT2D eigenvalue weighted by molar-refractivity contribution is 5.80. The van der Waals surface area contributed by atoms with E-state index in [0.29, 0.717) is 5.52 Å². The highest BCUT2D eigenvalue weighted by atomic mass is 19.4. The van der Waals surface area contributed by atoms with Crippen LogP contribution in [0.3, 0.4) is 0 Å². The van der Waals surface area contributed by atoms with Crippen LogP contribution in [-0.2, 0) is 6.42 Å². The lowest BCUT2D eigenvalue weighted by Crippen LogP contribution is -2.48. The molecule has 152 valence electrons. The van der Waals surface area contributed by atoms with Crippen molar-refractivity contribution in [3.05, 3.63) is 71.7 Å². The van der Waals surface area contributed by atoms with Crippen molar-refractivity contribution in [2.45, 2.75) is 51.3 Å². The van der Waals surface area contributed by atoms with Crippen LogP contribution in [0.2, 0.25) is 0 Å². The molecule has 0 aliphatic heterocycles. The first-order valence-electron chi connectivity index (χ1n) is 9.30. The maximum atomic E-state index is 13.9. The van der Waals surface area contributed by atoms with Crippen molar-refractivity contribution in [1.82, 2.24) is 4.98 Å². The number of hydrogen-bond acceptors (Lipinski definition) is 1. The van der Waals surface area contributed by atoms with Crippen molar-refractivity contribution in [1.29, 1.82) is 0 Å². The molecule has 3 rings (SSSR count). The van der Waals surface area contributed by atoms with Crippen LogP contribution in [0.15, 0.2) is 54.6 Å². The quantitative estimate of drug-likeness (QED) is 0.484. The average molecular weight is 395 g/mol. The zero-order valence-corrected chi connectivity index (χ0v) is 16.1. The number of para-hydroxylation sites is 1. The van der Waals surface area contributed by atoms with Gasteiger partial charge >= 0.3 is 6.18 Å². The number of rotatable bonds is 5. The molecule has 0 radical (unpaired) electrons. The number of aromatic amines is 1. The fraction of sp³-hybridized carbons (Fsp3) is 0.364. The number of aliphatic hydroxyl groups is 1. The highest BCUT2D eigenvalue weighted by Crippen LogP contribution is 2.41. The fourth-order valence-corrected chi connectivity index (χ4v) is 3.32. The molecule has 2 aromatic carbocycles. The van der Waals surface area contributed by atoms with Gasteiger partial charge < -0.3 is 10.1 Å². The molecule has 0 amide bonds. The Bertz CT molecular complexity index is 870. The molecule has 2 unspecified atom stereocenters. The Morgan fingerprint density at radius 2 is 1.61 bits per heavy atom. The molecule has 0 spiro atoms. The first-order valence-corrected chi connectivity index (χ1v) is 9.30. The number of nitrogens with one attached hydrogen (secondary N) is 1. The number of fused-ring (bicyclic) bond motifs is 1. The molecule has 0 fully saturated rings. The molecule has 1 aromatic heterocycles. The number of aromatic nitrogens is 1. The molecule has 0 saturated carbocycles. The molecule has 1 heterocycles. The second-order valence-electron chi connectivity index (χ2n) is 6.71. The third-order valence-electron chi connectivity index (χ3n) is 4.68. The average Bonchev–Trinajstić information content (AvgIpc) is 3.04. The summed E-state index contributed by atoms with van der Waals surface area (Å²) < 4.78 is 54.9. The van der Waals surface area contributed by atoms with Crippen molar-refractivity contribution in [2.75, 3.05) is 0 Å². The molecule has 3 aromatic rings. The summed E-state index contributed by atoms with van der Waals surface area (Å²) in [5, 5.41) is 11.3. The summed E-state index contributed by atoms with van der Waals surface area (Å²) in [6.07, 6.45) is -6.10. The van der Waals surface area contributed by atoms with E-state index in [9.17, 15) is 22.7 Å². The Kier molecular flexibility index (Phi) is 6.88. The van der Waals surface area contributed by atoms with Crippen LogP contribution in [0, 0.1) is 5.82 Å². The summed E-state index contributed by atoms with van der Waals surface area (Å²) in [5.41, 5.74) is -1.82. The van der Waals surface area contributed by atoms with Gasteiger partial charge in [-0.25, -0.2) is 4.39 Å². The first kappa shape index (κ1) is 22.0. The Balaban J connectivity index is 0.00000136. The second kappa shape index (κ2) is 8.78. The van der Waals surface area contributed by atoms with Crippen LogP contribution in [0.5, 0.6) is 0 Å². The summed E-state index contributed by atoms with van der Waals surface area (Å²) in [6.45, 7) is 5.49. The third kappa shape index (κ3) is 4.73. The number of benzene rings is 2. The Labute approximate surface area is 162 Å². The number of halogens is 4. The molecular weight excluding hydrogens is 370 g/mol. The van der Waals surface area contributed by atoms with Gasteiger partial charge in [0.15, 0.2) is 5.60 Å². The SMILES string of the molecule is CC.CC(CC(O)(Cc1cc2ccccc2[nH]1)C(F)(F)F)c1ccccc1F. The van der Waals surface area contributed by atoms with Gasteiger partial charge in [0, 0.05) is 17.6 Å². The Morgan fingerprint density at radius 1 is 1.00 bits per heavy atom. The lowest BCUT2D eigenvalue weighted by Gasteiger charge is -2.33. The Hall–Kier alpha value is -2.34. The summed E-state index contributed by atoms with van der Waals surface area (Å²) in [4.78, 5) is 2.91. The molecule has 0 bridgehead atoms. The molecular formula is C22H25F4NO. The normalized spacial score (nSPS) is 14.9. The van der Waals surface area contributed by atoms with Crippen LogP contribution in [0.4, 0.5) is 17.6 Å². The third-order valence-corrected chi connectivity index (χ3v) is 4.68. The number of H-pyrrole nitrogens is 1. The van der Waals surface area contributed by atoms with Gasteiger partial charge in [0.05, 0.1) is 0 Å². The monoisotopic (exact) mass is 395 g/mol. The standard InChI is InChI=1S/C20H19F4NO.C2H6/c1-13(16-7-3-4-8-17(16)21)11-19(26,20(22,23)24)12-15-10-14-6-2-5-9-18(14)25-15;1-2/h2-10,13,25-26H,11-12H2,1H3;1-2H3. The van der Waals surface area contributed by atoms with Crippen LogP contribution >= 0.6 is 0 Å². The van der Waals surface area contributed by atoms with E-state index in [1.165, 1.54) is 25.1 Å². The molecule has 28 heavy (non-hydrogen) atoms. The molecule has 6 heteroatoms. The predicted molar refractivity (Wildman–Crippen MR) is 104 cm³/mol. The lowest BCUT2D eigenvalue weighted by atomic mass is 9.83. The Morgan fingerprint density at radius 3 is 2.21 bits per heavy atom. The largest absolute Gasteiger partial charge is 0.417 e. The maximum Gasteiger partial charge on any atom is 0.417 e. The smallest absolute Gasteiger partial charge is 0.380 e. The summed E-state index contributed by atoms with van der Waals surface area (Å²) in [5.74, 6) is -1.37. The van der Waals surface area contributed by atoms with Gasteiger partial charge in [-0.1, -0.05) is 57.2 Å². The van der Waals surface area contributed by atoms with E-state index in [4.69, 9.17) is 0 Å². The van der Waals surface area contributed by atoms with Crippen LogP contribution < -0.4 is 0 Å². The van der Waals surface area contributed by atoms with E-state index in [1.807, 2.05) is 13.8 Å². The van der Waals surface area contributed by atoms with Crippen molar-refractivity contribution >= 4 is 10.9 Å². The van der Waals surface area contributed by atoms with Gasteiger partial charge in [0.25, 0.3) is 0 Å². The van der Waals surface area contributed by atoms with Crippen LogP contribution in [0.1, 0.15) is 44.4 Å². The van der Waals surface area contributed by atoms with Crippen molar-refractivity contribution in [2.24, 2.45) is 0 Å². The van der Waals surface area contributed by atoms with E-state index in [-0.39, 0.29) is 11.3 Å². The summed E-state index contributed by atoms with van der Waals surface area (Å²) >= 11 is 0. The molecule has 0 saturated heterocycles. The van der Waals surface area contributed by atoms with E-state index < -0.39 is 36.4 Å². The zero-order chi connectivity index (χ0) is 20.9. The van der Waals surface area contributed by atoms with Gasteiger partial charge in [-0.3, -0.25) is 0 Å². The van der Waals surface area contributed by atoms with Gasteiger partial charge in [0.1, 0.15) is 5.82 Å². The number of alkyl halides is 3. The van der Waals surface area contributed by atoms with Crippen LogP contribution in [-0.4, -0.2) is 21.9 Å². The molecule has 2 atom stereocenters. The van der Waals surface area contributed by atoms with Gasteiger partial charge in [-0.15, -0.1) is 0 Å². The van der Waals surface area contributed by atoms with E-state index in [2.05, 4.69) is 4.98 Å². The molecule has 2 N–H and O–H groups in total. The lowest BCUT2D eigenvalue weighted by molar-refractivity contribution is -0.263. The maximum absolute atomic E-state index is 13.9. The number of hydrogen-bond donors (Lipinski definition) is 2. The zero-order valence-electron chi connectivity index (χ0n) is 16.1. The highest BCUT2D eigenvalue weighted by Gasteiger charge is 2.54.